The molecule has 1 atom stereocenters. The third-order valence-corrected chi connectivity index (χ3v) is 2.51. The second-order valence-electron chi connectivity index (χ2n) is 3.34. The summed E-state index contributed by atoms with van der Waals surface area (Å²) in [4.78, 5) is 26.2. The van der Waals surface area contributed by atoms with Crippen LogP contribution in [0.4, 0.5) is 5.82 Å². The van der Waals surface area contributed by atoms with Gasteiger partial charge < -0.3 is 15.7 Å². The minimum atomic E-state index is -1.11. The van der Waals surface area contributed by atoms with Gasteiger partial charge in [-0.05, 0) is 28.9 Å². The van der Waals surface area contributed by atoms with E-state index in [2.05, 4.69) is 31.5 Å². The number of rotatable bonds is 4. The quantitative estimate of drug-likeness (QED) is 0.774. The van der Waals surface area contributed by atoms with Gasteiger partial charge in [-0.2, -0.15) is 0 Å². The van der Waals surface area contributed by atoms with Crippen LogP contribution in [0.1, 0.15) is 17.3 Å². The van der Waals surface area contributed by atoms with E-state index in [9.17, 15) is 9.59 Å². The number of likely N-dealkylation sites (N-methyl/N-ethyl adjacent to an activating group) is 1. The maximum Gasteiger partial charge on any atom is 0.339 e. The second kappa shape index (κ2) is 5.62. The number of carboxylic acids is 1. The lowest BCUT2D eigenvalue weighted by molar-refractivity contribution is -0.121. The summed E-state index contributed by atoms with van der Waals surface area (Å²) in [5.41, 5.74) is 0.00938. The zero-order valence-corrected chi connectivity index (χ0v) is 10.9. The van der Waals surface area contributed by atoms with Crippen LogP contribution in [-0.2, 0) is 4.79 Å². The van der Waals surface area contributed by atoms with Gasteiger partial charge >= 0.3 is 5.97 Å². The number of carboxylic acid groups (broad SMARTS) is 1. The minimum Gasteiger partial charge on any atom is -0.478 e. The van der Waals surface area contributed by atoms with Gasteiger partial charge in [0.05, 0.1) is 0 Å². The van der Waals surface area contributed by atoms with Crippen molar-refractivity contribution < 1.29 is 14.7 Å². The van der Waals surface area contributed by atoms with Crippen molar-refractivity contribution >= 4 is 33.6 Å². The fraction of sp³-hybridized carbons (Fsp3) is 0.300. The summed E-state index contributed by atoms with van der Waals surface area (Å²) in [5.74, 6) is -1.19. The van der Waals surface area contributed by atoms with Gasteiger partial charge in [-0.1, -0.05) is 0 Å². The number of nitrogens with one attached hydrogen (secondary N) is 2. The summed E-state index contributed by atoms with van der Waals surface area (Å²) in [6.45, 7) is 1.62. The molecule has 0 aliphatic rings. The van der Waals surface area contributed by atoms with Gasteiger partial charge in [0.1, 0.15) is 17.4 Å². The zero-order chi connectivity index (χ0) is 13.0. The van der Waals surface area contributed by atoms with Crippen molar-refractivity contribution in [3.8, 4) is 0 Å². The third-order valence-electron chi connectivity index (χ3n) is 2.08. The number of amides is 1. The molecule has 0 aliphatic heterocycles. The van der Waals surface area contributed by atoms with Gasteiger partial charge in [0.2, 0.25) is 5.91 Å². The summed E-state index contributed by atoms with van der Waals surface area (Å²) < 4.78 is 0.563. The number of pyridine rings is 1. The average molecular weight is 302 g/mol. The Bertz CT molecular complexity index is 450. The lowest BCUT2D eigenvalue weighted by atomic mass is 10.2. The molecule has 1 unspecified atom stereocenters. The number of carbonyl (C=O) groups excluding carboxylic acids is 1. The van der Waals surface area contributed by atoms with Crippen molar-refractivity contribution in [2.45, 2.75) is 13.0 Å². The lowest BCUT2D eigenvalue weighted by Gasteiger charge is -2.14. The number of aromatic nitrogens is 1. The first-order valence-electron chi connectivity index (χ1n) is 4.82. The third kappa shape index (κ3) is 3.42. The van der Waals surface area contributed by atoms with Crippen molar-refractivity contribution in [3.63, 3.8) is 0 Å². The first-order chi connectivity index (χ1) is 7.95. The monoisotopic (exact) mass is 301 g/mol. The number of carbonyl (C=O) groups is 2. The predicted molar refractivity (Wildman–Crippen MR) is 66.0 cm³/mol. The summed E-state index contributed by atoms with van der Waals surface area (Å²) in [7, 11) is 1.51. The number of hydrogen-bond acceptors (Lipinski definition) is 4. The molecule has 1 rings (SSSR count). The topological polar surface area (TPSA) is 91.3 Å². The van der Waals surface area contributed by atoms with Crippen LogP contribution in [0.15, 0.2) is 16.7 Å². The molecule has 1 amide bonds. The van der Waals surface area contributed by atoms with Crippen LogP contribution in [-0.4, -0.2) is 35.1 Å². The van der Waals surface area contributed by atoms with E-state index < -0.39 is 12.0 Å². The minimum absolute atomic E-state index is 0.00938. The van der Waals surface area contributed by atoms with Crippen LogP contribution in [0.5, 0.6) is 0 Å². The first kappa shape index (κ1) is 13.4. The maximum atomic E-state index is 11.3. The summed E-state index contributed by atoms with van der Waals surface area (Å²) >= 11 is 3.14. The van der Waals surface area contributed by atoms with Crippen molar-refractivity contribution in [2.24, 2.45) is 0 Å². The Kier molecular flexibility index (Phi) is 4.45. The molecule has 0 aromatic carbocycles. The second-order valence-corrected chi connectivity index (χ2v) is 4.25. The molecule has 0 saturated carbocycles. The Hall–Kier alpha value is -1.63. The predicted octanol–water partition coefficient (Wildman–Crippen LogP) is 1.09. The number of anilines is 1. The van der Waals surface area contributed by atoms with Crippen molar-refractivity contribution in [1.29, 1.82) is 0 Å². The largest absolute Gasteiger partial charge is 0.478 e. The average Bonchev–Trinajstić information content (AvgIpc) is 2.29. The Labute approximate surface area is 107 Å². The van der Waals surface area contributed by atoms with E-state index in [0.717, 1.165) is 0 Å². The highest BCUT2D eigenvalue weighted by Crippen LogP contribution is 2.18. The SMILES string of the molecule is CNC(=O)C(C)Nc1ncc(Br)cc1C(=O)O. The molecule has 0 radical (unpaired) electrons. The molecule has 3 N–H and O–H groups in total. The standard InChI is InChI=1S/C10H12BrN3O3/c1-5(9(15)12-2)14-8-7(10(16)17)3-6(11)4-13-8/h3-5H,1-2H3,(H,12,15)(H,13,14)(H,16,17). The van der Waals surface area contributed by atoms with Crippen molar-refractivity contribution in [3.05, 3.63) is 22.3 Å². The van der Waals surface area contributed by atoms with Crippen molar-refractivity contribution in [1.82, 2.24) is 10.3 Å². The molecule has 0 fully saturated rings. The molecule has 1 aromatic rings. The van der Waals surface area contributed by atoms with E-state index in [1.54, 1.807) is 6.92 Å². The smallest absolute Gasteiger partial charge is 0.339 e. The molecule has 0 bridgehead atoms. The molecular formula is C10H12BrN3O3. The highest BCUT2D eigenvalue weighted by molar-refractivity contribution is 9.10. The number of halogens is 1. The lowest BCUT2D eigenvalue weighted by Crippen LogP contribution is -2.35. The first-order valence-corrected chi connectivity index (χ1v) is 5.62. The zero-order valence-electron chi connectivity index (χ0n) is 9.32. The van der Waals surface area contributed by atoms with Crippen molar-refractivity contribution in [2.75, 3.05) is 12.4 Å². The van der Waals surface area contributed by atoms with Gasteiger partial charge in [0.15, 0.2) is 0 Å². The number of nitrogens with zero attached hydrogens (tertiary/aromatic N) is 1. The van der Waals surface area contributed by atoms with Crippen LogP contribution in [0.25, 0.3) is 0 Å². The van der Waals surface area contributed by atoms with E-state index in [1.165, 1.54) is 19.3 Å². The van der Waals surface area contributed by atoms with Gasteiger partial charge in [0, 0.05) is 17.7 Å². The number of aromatic carboxylic acids is 1. The molecule has 1 heterocycles. The summed E-state index contributed by atoms with van der Waals surface area (Å²) in [5, 5.41) is 14.2. The van der Waals surface area contributed by atoms with Gasteiger partial charge in [-0.15, -0.1) is 0 Å². The maximum absolute atomic E-state index is 11.3. The van der Waals surface area contributed by atoms with Gasteiger partial charge in [-0.3, -0.25) is 4.79 Å². The molecule has 0 spiro atoms. The molecular weight excluding hydrogens is 290 g/mol. The summed E-state index contributed by atoms with van der Waals surface area (Å²) in [6, 6.07) is 0.862. The highest BCUT2D eigenvalue weighted by Gasteiger charge is 2.17. The highest BCUT2D eigenvalue weighted by atomic mass is 79.9. The fourth-order valence-corrected chi connectivity index (χ4v) is 1.54. The van der Waals surface area contributed by atoms with Crippen LogP contribution in [0.3, 0.4) is 0 Å². The Morgan fingerprint density at radius 3 is 2.71 bits per heavy atom. The molecule has 0 aliphatic carbocycles. The molecule has 92 valence electrons. The molecule has 7 heteroatoms. The van der Waals surface area contributed by atoms with Crippen LogP contribution in [0, 0.1) is 0 Å². The van der Waals surface area contributed by atoms with Crippen LogP contribution < -0.4 is 10.6 Å². The fourth-order valence-electron chi connectivity index (χ4n) is 1.20. The van der Waals surface area contributed by atoms with Crippen LogP contribution in [0.2, 0.25) is 0 Å². The number of hydrogen-bond donors (Lipinski definition) is 3. The molecule has 0 saturated heterocycles. The van der Waals surface area contributed by atoms with Gasteiger partial charge in [-0.25, -0.2) is 9.78 Å². The molecule has 6 nitrogen and oxygen atoms in total. The Balaban J connectivity index is 2.98. The Morgan fingerprint density at radius 1 is 1.53 bits per heavy atom. The normalized spacial score (nSPS) is 11.7. The van der Waals surface area contributed by atoms with Gasteiger partial charge in [0.25, 0.3) is 0 Å². The molecule has 17 heavy (non-hydrogen) atoms. The van der Waals surface area contributed by atoms with E-state index >= 15 is 0 Å². The van der Waals surface area contributed by atoms with E-state index in [0.29, 0.717) is 4.47 Å². The van der Waals surface area contributed by atoms with Crippen LogP contribution >= 0.6 is 15.9 Å². The van der Waals surface area contributed by atoms with E-state index in [-0.39, 0.29) is 17.3 Å². The summed E-state index contributed by atoms with van der Waals surface area (Å²) in [6.07, 6.45) is 1.46. The Morgan fingerprint density at radius 2 is 2.18 bits per heavy atom. The molecule has 1 aromatic heterocycles. The van der Waals surface area contributed by atoms with E-state index in [4.69, 9.17) is 5.11 Å². The van der Waals surface area contributed by atoms with E-state index in [1.807, 2.05) is 0 Å².